The van der Waals surface area contributed by atoms with Crippen LogP contribution in [0.1, 0.15) is 24.0 Å². The molecule has 2 aromatic rings. The maximum atomic E-state index is 12.8. The molecule has 0 radical (unpaired) electrons. The summed E-state index contributed by atoms with van der Waals surface area (Å²) < 4.78 is 44.6. The Morgan fingerprint density at radius 3 is 2.52 bits per heavy atom. The zero-order valence-corrected chi connectivity index (χ0v) is 16.4. The molecule has 0 bridgehead atoms. The van der Waals surface area contributed by atoms with Crippen LogP contribution < -0.4 is 4.74 Å². The van der Waals surface area contributed by atoms with Crippen LogP contribution >= 0.6 is 15.9 Å². The van der Waals surface area contributed by atoms with Crippen molar-refractivity contribution in [1.29, 1.82) is 0 Å². The fourth-order valence-electron chi connectivity index (χ4n) is 3.05. The summed E-state index contributed by atoms with van der Waals surface area (Å²) in [5, 5.41) is 0. The monoisotopic (exact) mass is 439 g/mol. The summed E-state index contributed by atoms with van der Waals surface area (Å²) in [6.45, 7) is 3.16. The smallest absolute Gasteiger partial charge is 0.416 e. The first-order chi connectivity index (χ1) is 12.9. The van der Waals surface area contributed by atoms with Crippen molar-refractivity contribution in [3.8, 4) is 5.75 Å². The second-order valence-electron chi connectivity index (χ2n) is 6.57. The van der Waals surface area contributed by atoms with Crippen LogP contribution in [0.4, 0.5) is 13.2 Å². The molecule has 0 aliphatic carbocycles. The van der Waals surface area contributed by atoms with Gasteiger partial charge in [-0.25, -0.2) is 0 Å². The van der Waals surface area contributed by atoms with E-state index in [0.717, 1.165) is 44.6 Å². The molecule has 2 nitrogen and oxygen atoms in total. The Morgan fingerprint density at radius 1 is 1.07 bits per heavy atom. The summed E-state index contributed by atoms with van der Waals surface area (Å²) in [6, 6.07) is 13.8. The molecular weight excluding hydrogens is 419 g/mol. The Hall–Kier alpha value is -1.79. The van der Waals surface area contributed by atoms with Crippen LogP contribution in [0.2, 0.25) is 0 Å². The van der Waals surface area contributed by atoms with Crippen LogP contribution in [-0.4, -0.2) is 24.6 Å². The SMILES string of the molecule is FC(F)(F)c1ccc(Br)c(OCCC2=CCN(Cc3ccccc3)CC2)c1. The Morgan fingerprint density at radius 2 is 1.85 bits per heavy atom. The predicted octanol–water partition coefficient (Wildman–Crippen LogP) is 6.07. The topological polar surface area (TPSA) is 12.5 Å². The fourth-order valence-corrected chi connectivity index (χ4v) is 3.41. The van der Waals surface area contributed by atoms with E-state index in [-0.39, 0.29) is 5.75 Å². The van der Waals surface area contributed by atoms with Crippen molar-refractivity contribution in [2.45, 2.75) is 25.6 Å². The molecule has 0 atom stereocenters. The van der Waals surface area contributed by atoms with E-state index in [2.05, 4.69) is 39.0 Å². The highest BCUT2D eigenvalue weighted by atomic mass is 79.9. The summed E-state index contributed by atoms with van der Waals surface area (Å²) in [7, 11) is 0. The van der Waals surface area contributed by atoms with E-state index in [4.69, 9.17) is 4.74 Å². The summed E-state index contributed by atoms with van der Waals surface area (Å²) in [4.78, 5) is 2.38. The van der Waals surface area contributed by atoms with Crippen LogP contribution in [-0.2, 0) is 12.7 Å². The number of alkyl halides is 3. The highest BCUT2D eigenvalue weighted by Gasteiger charge is 2.31. The van der Waals surface area contributed by atoms with Gasteiger partial charge in [-0.3, -0.25) is 4.90 Å². The van der Waals surface area contributed by atoms with Gasteiger partial charge in [0.2, 0.25) is 0 Å². The molecule has 3 rings (SSSR count). The Bertz CT molecular complexity index is 790. The summed E-state index contributed by atoms with van der Waals surface area (Å²) in [5.74, 6) is 0.229. The molecule has 0 fully saturated rings. The number of rotatable bonds is 6. The van der Waals surface area contributed by atoms with E-state index < -0.39 is 11.7 Å². The number of hydrogen-bond donors (Lipinski definition) is 0. The highest BCUT2D eigenvalue weighted by Crippen LogP contribution is 2.35. The van der Waals surface area contributed by atoms with Crippen molar-refractivity contribution in [3.05, 3.63) is 75.8 Å². The zero-order valence-electron chi connectivity index (χ0n) is 14.8. The normalized spacial score (nSPS) is 15.5. The standard InChI is InChI=1S/C21H21BrF3NO/c22-19-7-6-18(21(23,24)25)14-20(19)27-13-10-16-8-11-26(12-9-16)15-17-4-2-1-3-5-17/h1-8,14H,9-13,15H2. The fraction of sp³-hybridized carbons (Fsp3) is 0.333. The Balaban J connectivity index is 1.49. The lowest BCUT2D eigenvalue weighted by molar-refractivity contribution is -0.137. The van der Waals surface area contributed by atoms with E-state index in [1.807, 2.05) is 18.2 Å². The first-order valence-corrected chi connectivity index (χ1v) is 9.65. The maximum Gasteiger partial charge on any atom is 0.416 e. The lowest BCUT2D eigenvalue weighted by atomic mass is 10.0. The highest BCUT2D eigenvalue weighted by molar-refractivity contribution is 9.10. The van der Waals surface area contributed by atoms with Crippen molar-refractivity contribution in [2.24, 2.45) is 0 Å². The Kier molecular flexibility index (Phi) is 6.60. The molecule has 0 amide bonds. The van der Waals surface area contributed by atoms with Gasteiger partial charge in [0.25, 0.3) is 0 Å². The molecule has 2 aromatic carbocycles. The molecule has 1 heterocycles. The van der Waals surface area contributed by atoms with Gasteiger partial charge in [-0.2, -0.15) is 13.2 Å². The van der Waals surface area contributed by atoms with Crippen molar-refractivity contribution >= 4 is 15.9 Å². The third-order valence-electron chi connectivity index (χ3n) is 4.58. The average molecular weight is 440 g/mol. The number of halogens is 4. The molecule has 0 saturated carbocycles. The van der Waals surface area contributed by atoms with Crippen molar-refractivity contribution in [2.75, 3.05) is 19.7 Å². The minimum absolute atomic E-state index is 0.229. The van der Waals surface area contributed by atoms with E-state index in [9.17, 15) is 13.2 Å². The van der Waals surface area contributed by atoms with Gasteiger partial charge in [-0.15, -0.1) is 0 Å². The number of ether oxygens (including phenoxy) is 1. The van der Waals surface area contributed by atoms with E-state index in [1.54, 1.807) is 0 Å². The van der Waals surface area contributed by atoms with Crippen LogP contribution in [0, 0.1) is 0 Å². The summed E-state index contributed by atoms with van der Waals surface area (Å²) in [5.41, 5.74) is 1.89. The lowest BCUT2D eigenvalue weighted by Crippen LogP contribution is -2.28. The largest absolute Gasteiger partial charge is 0.492 e. The summed E-state index contributed by atoms with van der Waals surface area (Å²) in [6.07, 6.45) is -0.480. The third kappa shape index (κ3) is 5.84. The lowest BCUT2D eigenvalue weighted by Gasteiger charge is -2.26. The van der Waals surface area contributed by atoms with Crippen LogP contribution in [0.15, 0.2) is 64.7 Å². The molecule has 27 heavy (non-hydrogen) atoms. The van der Waals surface area contributed by atoms with Gasteiger partial charge in [0.1, 0.15) is 5.75 Å². The summed E-state index contributed by atoms with van der Waals surface area (Å²) >= 11 is 3.25. The average Bonchev–Trinajstić information content (AvgIpc) is 2.64. The number of nitrogens with zero attached hydrogens (tertiary/aromatic N) is 1. The van der Waals surface area contributed by atoms with Crippen molar-refractivity contribution < 1.29 is 17.9 Å². The molecule has 0 aromatic heterocycles. The molecule has 0 spiro atoms. The van der Waals surface area contributed by atoms with Crippen molar-refractivity contribution in [1.82, 2.24) is 4.90 Å². The Labute approximate surface area is 165 Å². The van der Waals surface area contributed by atoms with Gasteiger partial charge in [0.15, 0.2) is 0 Å². The van der Waals surface area contributed by atoms with Gasteiger partial charge in [-0.1, -0.05) is 42.0 Å². The molecule has 0 N–H and O–H groups in total. The predicted molar refractivity (Wildman–Crippen MR) is 104 cm³/mol. The van der Waals surface area contributed by atoms with Gasteiger partial charge in [-0.05, 0) is 46.1 Å². The molecule has 144 valence electrons. The second-order valence-corrected chi connectivity index (χ2v) is 7.43. The maximum absolute atomic E-state index is 12.8. The number of benzene rings is 2. The van der Waals surface area contributed by atoms with Crippen LogP contribution in [0.3, 0.4) is 0 Å². The number of hydrogen-bond acceptors (Lipinski definition) is 2. The van der Waals surface area contributed by atoms with Crippen molar-refractivity contribution in [3.63, 3.8) is 0 Å². The van der Waals surface area contributed by atoms with Crippen LogP contribution in [0.5, 0.6) is 5.75 Å². The molecule has 1 aliphatic heterocycles. The molecular formula is C21H21BrF3NO. The first-order valence-electron chi connectivity index (χ1n) is 8.85. The molecule has 0 unspecified atom stereocenters. The minimum Gasteiger partial charge on any atom is -0.492 e. The molecule has 6 heteroatoms. The van der Waals surface area contributed by atoms with Gasteiger partial charge >= 0.3 is 6.18 Å². The molecule has 0 saturated heterocycles. The van der Waals surface area contributed by atoms with Gasteiger partial charge in [0, 0.05) is 26.1 Å². The van der Waals surface area contributed by atoms with E-state index in [0.29, 0.717) is 11.1 Å². The second kappa shape index (κ2) is 8.93. The quantitative estimate of drug-likeness (QED) is 0.506. The minimum atomic E-state index is -4.37. The van der Waals surface area contributed by atoms with Crippen LogP contribution in [0.25, 0.3) is 0 Å². The van der Waals surface area contributed by atoms with E-state index >= 15 is 0 Å². The molecule has 1 aliphatic rings. The van der Waals surface area contributed by atoms with Gasteiger partial charge < -0.3 is 4.74 Å². The van der Waals surface area contributed by atoms with E-state index in [1.165, 1.54) is 17.2 Å². The zero-order chi connectivity index (χ0) is 19.3. The van der Waals surface area contributed by atoms with Gasteiger partial charge in [0.05, 0.1) is 16.6 Å². The first kappa shape index (κ1) is 20.0. The third-order valence-corrected chi connectivity index (χ3v) is 5.23.